The topological polar surface area (TPSA) is 26.5 Å². The van der Waals surface area contributed by atoms with Crippen LogP contribution in [-0.2, 0) is 17.6 Å². The molecule has 3 nitrogen and oxygen atoms in total. The molecule has 1 heterocycles. The summed E-state index contributed by atoms with van der Waals surface area (Å²) in [5.74, 6) is 0. The van der Waals surface area contributed by atoms with Gasteiger partial charge in [0.2, 0.25) is 0 Å². The monoisotopic (exact) mass is 482 g/mol. The zero-order valence-corrected chi connectivity index (χ0v) is 19.4. The van der Waals surface area contributed by atoms with Crippen LogP contribution in [0.25, 0.3) is 16.9 Å². The molecule has 0 amide bonds. The maximum atomic E-state index is 13.0. The molecule has 0 bridgehead atoms. The van der Waals surface area contributed by atoms with Crippen molar-refractivity contribution in [3.8, 4) is 16.9 Å². The number of benzene rings is 3. The molecule has 0 atom stereocenters. The zero-order valence-electron chi connectivity index (χ0n) is 18.6. The Labute approximate surface area is 201 Å². The van der Waals surface area contributed by atoms with E-state index in [0.717, 1.165) is 40.3 Å². The molecule has 34 heavy (non-hydrogen) atoms. The van der Waals surface area contributed by atoms with E-state index in [4.69, 9.17) is 16.4 Å². The average molecular weight is 483 g/mol. The first-order valence-electron chi connectivity index (χ1n) is 10.6. The lowest BCUT2D eigenvalue weighted by atomic mass is 10.1. The molecular weight excluding hydrogens is 461 g/mol. The molecule has 0 aliphatic carbocycles. The van der Waals surface area contributed by atoms with Crippen LogP contribution in [-0.4, -0.2) is 10.3 Å². The molecule has 0 fully saturated rings. The van der Waals surface area contributed by atoms with Gasteiger partial charge >= 0.3 is 6.18 Å². The van der Waals surface area contributed by atoms with Gasteiger partial charge in [0.25, 0.3) is 0 Å². The molecule has 1 aromatic heterocycles. The molecule has 0 saturated carbocycles. The predicted molar refractivity (Wildman–Crippen MR) is 129 cm³/mol. The third-order valence-corrected chi connectivity index (χ3v) is 5.70. The Morgan fingerprint density at radius 3 is 2.38 bits per heavy atom. The predicted octanol–water partition coefficient (Wildman–Crippen LogP) is 8.07. The number of alkyl halides is 3. The van der Waals surface area contributed by atoms with E-state index in [1.807, 2.05) is 74.5 Å². The number of halogens is 4. The summed E-state index contributed by atoms with van der Waals surface area (Å²) in [4.78, 5) is 5.43. The van der Waals surface area contributed by atoms with Gasteiger partial charge in [-0.3, -0.25) is 0 Å². The minimum absolute atomic E-state index is 0.0686. The summed E-state index contributed by atoms with van der Waals surface area (Å²) in [5.41, 5.74) is 4.99. The molecule has 4 rings (SSSR count). The smallest absolute Gasteiger partial charge is 0.391 e. The SMILES string of the molecule is CC(=NOCc1cccc(C(F)(F)F)c1)c1cc(-c2ccccc2)n(-c2cccc(Cl)c2)c1C. The number of rotatable bonds is 6. The normalized spacial score (nSPS) is 12.1. The van der Waals surface area contributed by atoms with Crippen LogP contribution in [0.1, 0.15) is 29.3 Å². The Morgan fingerprint density at radius 2 is 1.68 bits per heavy atom. The summed E-state index contributed by atoms with van der Waals surface area (Å²) >= 11 is 6.25. The Morgan fingerprint density at radius 1 is 0.941 bits per heavy atom. The molecule has 0 aliphatic heterocycles. The van der Waals surface area contributed by atoms with Crippen LogP contribution in [0.15, 0.2) is 90.1 Å². The number of oxime groups is 1. The van der Waals surface area contributed by atoms with Gasteiger partial charge in [0.1, 0.15) is 6.61 Å². The van der Waals surface area contributed by atoms with Gasteiger partial charge in [-0.2, -0.15) is 13.2 Å². The van der Waals surface area contributed by atoms with Crippen LogP contribution in [0.3, 0.4) is 0 Å². The van der Waals surface area contributed by atoms with Crippen molar-refractivity contribution in [2.24, 2.45) is 5.16 Å². The number of nitrogens with zero attached hydrogens (tertiary/aromatic N) is 2. The fraction of sp³-hybridized carbons (Fsp3) is 0.148. The highest BCUT2D eigenvalue weighted by molar-refractivity contribution is 6.30. The van der Waals surface area contributed by atoms with Crippen molar-refractivity contribution < 1.29 is 18.0 Å². The van der Waals surface area contributed by atoms with Gasteiger partial charge in [-0.1, -0.05) is 65.3 Å². The van der Waals surface area contributed by atoms with Crippen molar-refractivity contribution in [2.75, 3.05) is 0 Å². The lowest BCUT2D eigenvalue weighted by Gasteiger charge is -2.13. The van der Waals surface area contributed by atoms with Crippen LogP contribution in [0.2, 0.25) is 5.02 Å². The lowest BCUT2D eigenvalue weighted by molar-refractivity contribution is -0.137. The van der Waals surface area contributed by atoms with E-state index in [9.17, 15) is 13.2 Å². The Hall–Kier alpha value is -3.51. The molecule has 7 heteroatoms. The highest BCUT2D eigenvalue weighted by atomic mass is 35.5. The summed E-state index contributed by atoms with van der Waals surface area (Å²) in [5, 5.41) is 4.82. The standard InChI is InChI=1S/C27H22ClF3N2O/c1-18(32-34-17-20-8-6-11-22(14-20)27(29,30)31)25-16-26(21-9-4-3-5-10-21)33(19(25)2)24-13-7-12-23(28)15-24/h3-16H,17H2,1-2H3. The lowest BCUT2D eigenvalue weighted by Crippen LogP contribution is -2.05. The highest BCUT2D eigenvalue weighted by Gasteiger charge is 2.30. The van der Waals surface area contributed by atoms with Gasteiger partial charge in [0.05, 0.1) is 17.0 Å². The fourth-order valence-electron chi connectivity index (χ4n) is 3.83. The largest absolute Gasteiger partial charge is 0.416 e. The minimum Gasteiger partial charge on any atom is -0.391 e. The first-order chi connectivity index (χ1) is 16.2. The molecule has 0 unspecified atom stereocenters. The van der Waals surface area contributed by atoms with Gasteiger partial charge in [0, 0.05) is 22.0 Å². The number of hydrogen-bond acceptors (Lipinski definition) is 2. The number of hydrogen-bond donors (Lipinski definition) is 0. The minimum atomic E-state index is -4.40. The summed E-state index contributed by atoms with van der Waals surface area (Å²) in [6.45, 7) is 3.72. The van der Waals surface area contributed by atoms with E-state index < -0.39 is 11.7 Å². The van der Waals surface area contributed by atoms with E-state index in [1.165, 1.54) is 6.07 Å². The summed E-state index contributed by atoms with van der Waals surface area (Å²) in [7, 11) is 0. The second kappa shape index (κ2) is 9.77. The summed E-state index contributed by atoms with van der Waals surface area (Å²) < 4.78 is 40.9. The molecule has 0 saturated heterocycles. The first-order valence-corrected chi connectivity index (χ1v) is 11.0. The molecule has 0 radical (unpaired) electrons. The Kier molecular flexibility index (Phi) is 6.80. The second-order valence-corrected chi connectivity index (χ2v) is 8.29. The van der Waals surface area contributed by atoms with Crippen molar-refractivity contribution in [3.05, 3.63) is 112 Å². The van der Waals surface area contributed by atoms with Crippen molar-refractivity contribution in [3.63, 3.8) is 0 Å². The highest BCUT2D eigenvalue weighted by Crippen LogP contribution is 2.31. The van der Waals surface area contributed by atoms with Gasteiger partial charge in [0.15, 0.2) is 0 Å². The van der Waals surface area contributed by atoms with Gasteiger partial charge in [-0.15, -0.1) is 0 Å². The van der Waals surface area contributed by atoms with Gasteiger partial charge < -0.3 is 9.40 Å². The van der Waals surface area contributed by atoms with Crippen LogP contribution < -0.4 is 0 Å². The quantitative estimate of drug-likeness (QED) is 0.201. The van der Waals surface area contributed by atoms with E-state index in [1.54, 1.807) is 6.07 Å². The fourth-order valence-corrected chi connectivity index (χ4v) is 4.02. The van der Waals surface area contributed by atoms with Crippen LogP contribution in [0, 0.1) is 6.92 Å². The van der Waals surface area contributed by atoms with E-state index in [0.29, 0.717) is 16.3 Å². The molecule has 174 valence electrons. The summed E-state index contributed by atoms with van der Waals surface area (Å²) in [6, 6.07) is 24.6. The first kappa shape index (κ1) is 23.6. The Balaban J connectivity index is 1.66. The van der Waals surface area contributed by atoms with E-state index in [-0.39, 0.29) is 6.61 Å². The molecule has 0 spiro atoms. The zero-order chi connectivity index (χ0) is 24.3. The second-order valence-electron chi connectivity index (χ2n) is 7.86. The summed E-state index contributed by atoms with van der Waals surface area (Å²) in [6.07, 6.45) is -4.40. The third kappa shape index (κ3) is 5.18. The maximum Gasteiger partial charge on any atom is 0.416 e. The molecular formula is C27H22ClF3N2O. The van der Waals surface area contributed by atoms with Gasteiger partial charge in [-0.05, 0) is 61.4 Å². The average Bonchev–Trinajstić information content (AvgIpc) is 3.16. The maximum absolute atomic E-state index is 13.0. The van der Waals surface area contributed by atoms with Crippen LogP contribution >= 0.6 is 11.6 Å². The van der Waals surface area contributed by atoms with E-state index >= 15 is 0 Å². The molecule has 3 aromatic carbocycles. The molecule has 0 aliphatic rings. The van der Waals surface area contributed by atoms with E-state index in [2.05, 4.69) is 9.72 Å². The molecule has 4 aromatic rings. The van der Waals surface area contributed by atoms with Gasteiger partial charge in [-0.25, -0.2) is 0 Å². The van der Waals surface area contributed by atoms with Crippen molar-refractivity contribution in [2.45, 2.75) is 26.6 Å². The Bertz CT molecular complexity index is 1330. The third-order valence-electron chi connectivity index (χ3n) is 5.46. The number of aromatic nitrogens is 1. The van der Waals surface area contributed by atoms with Crippen LogP contribution in [0.4, 0.5) is 13.2 Å². The van der Waals surface area contributed by atoms with Crippen LogP contribution in [0.5, 0.6) is 0 Å². The van der Waals surface area contributed by atoms with Crippen molar-refractivity contribution >= 4 is 17.3 Å². The van der Waals surface area contributed by atoms with Crippen molar-refractivity contribution in [1.82, 2.24) is 4.57 Å². The molecule has 0 N–H and O–H groups in total. The van der Waals surface area contributed by atoms with Crippen molar-refractivity contribution in [1.29, 1.82) is 0 Å².